The van der Waals surface area contributed by atoms with Gasteiger partial charge in [-0.05, 0) is 38.3 Å². The van der Waals surface area contributed by atoms with Gasteiger partial charge >= 0.3 is 0 Å². The minimum atomic E-state index is 0.120. The van der Waals surface area contributed by atoms with Gasteiger partial charge in [0.15, 0.2) is 11.0 Å². The molecule has 31 heavy (non-hydrogen) atoms. The Kier molecular flexibility index (Phi) is 7.47. The quantitative estimate of drug-likeness (QED) is 0.626. The van der Waals surface area contributed by atoms with E-state index in [1.165, 1.54) is 22.9 Å². The second-order valence-corrected chi connectivity index (χ2v) is 9.04. The molecule has 4 rings (SSSR count). The van der Waals surface area contributed by atoms with E-state index in [2.05, 4.69) is 52.1 Å². The van der Waals surface area contributed by atoms with Gasteiger partial charge in [0.05, 0.1) is 38.2 Å². The fraction of sp³-hybridized carbons (Fsp3) is 0.591. The minimum absolute atomic E-state index is 0.120. The van der Waals surface area contributed by atoms with Gasteiger partial charge < -0.3 is 24.3 Å². The molecule has 168 valence electrons. The average Bonchev–Trinajstić information content (AvgIpc) is 3.43. The number of aromatic nitrogens is 3. The number of thioether (sulfide) groups is 1. The molecule has 2 aromatic rings. The molecule has 2 aliphatic rings. The number of ether oxygens (including phenoxy) is 2. The molecule has 2 aliphatic heterocycles. The molecule has 1 aromatic heterocycles. The van der Waals surface area contributed by atoms with Crippen LogP contribution in [0.5, 0.6) is 0 Å². The number of aryl methyl sites for hydroxylation is 2. The lowest BCUT2D eigenvalue weighted by molar-refractivity contribution is -0.132. The number of carbonyl (C=O) groups excluding carboxylic acids is 1. The molecule has 0 bridgehead atoms. The second-order valence-electron chi connectivity index (χ2n) is 8.10. The summed E-state index contributed by atoms with van der Waals surface area (Å²) >= 11 is 1.45. The number of rotatable bonds is 8. The van der Waals surface area contributed by atoms with Crippen LogP contribution < -0.4 is 5.32 Å². The Labute approximate surface area is 187 Å². The van der Waals surface area contributed by atoms with Crippen LogP contribution >= 0.6 is 11.8 Å². The van der Waals surface area contributed by atoms with Crippen LogP contribution in [0.3, 0.4) is 0 Å². The highest BCUT2D eigenvalue weighted by Crippen LogP contribution is 2.23. The van der Waals surface area contributed by atoms with E-state index in [1.807, 2.05) is 4.90 Å². The van der Waals surface area contributed by atoms with Crippen molar-refractivity contribution >= 4 is 23.4 Å². The monoisotopic (exact) mass is 445 g/mol. The van der Waals surface area contributed by atoms with Crippen LogP contribution in [0.2, 0.25) is 0 Å². The molecule has 0 saturated carbocycles. The maximum absolute atomic E-state index is 12.6. The smallest absolute Gasteiger partial charge is 0.233 e. The molecule has 2 fully saturated rings. The largest absolute Gasteiger partial charge is 0.378 e. The third-order valence-electron chi connectivity index (χ3n) is 5.71. The minimum Gasteiger partial charge on any atom is -0.378 e. The Morgan fingerprint density at radius 2 is 2.06 bits per heavy atom. The summed E-state index contributed by atoms with van der Waals surface area (Å²) < 4.78 is 13.3. The Morgan fingerprint density at radius 3 is 2.81 bits per heavy atom. The number of hydrogen-bond donors (Lipinski definition) is 1. The van der Waals surface area contributed by atoms with Crippen molar-refractivity contribution in [2.45, 2.75) is 51.0 Å². The van der Waals surface area contributed by atoms with Gasteiger partial charge in [-0.25, -0.2) is 0 Å². The van der Waals surface area contributed by atoms with Crippen LogP contribution in [0, 0.1) is 13.8 Å². The first-order valence-electron chi connectivity index (χ1n) is 10.9. The van der Waals surface area contributed by atoms with Crippen molar-refractivity contribution in [2.75, 3.05) is 44.0 Å². The molecular weight excluding hydrogens is 414 g/mol. The molecule has 1 aromatic carbocycles. The first-order valence-corrected chi connectivity index (χ1v) is 11.9. The zero-order chi connectivity index (χ0) is 21.6. The zero-order valence-corrected chi connectivity index (χ0v) is 19.1. The van der Waals surface area contributed by atoms with Crippen molar-refractivity contribution in [3.05, 3.63) is 35.2 Å². The van der Waals surface area contributed by atoms with E-state index >= 15 is 0 Å². The molecule has 1 unspecified atom stereocenters. The van der Waals surface area contributed by atoms with E-state index in [4.69, 9.17) is 9.47 Å². The highest BCUT2D eigenvalue weighted by molar-refractivity contribution is 7.99. The zero-order valence-electron chi connectivity index (χ0n) is 18.3. The number of anilines is 1. The molecule has 3 heterocycles. The molecule has 8 nitrogen and oxygen atoms in total. The molecule has 1 N–H and O–H groups in total. The number of hydrogen-bond acceptors (Lipinski definition) is 7. The van der Waals surface area contributed by atoms with Crippen molar-refractivity contribution in [1.29, 1.82) is 0 Å². The lowest BCUT2D eigenvalue weighted by Crippen LogP contribution is -2.41. The molecule has 9 heteroatoms. The van der Waals surface area contributed by atoms with Crippen LogP contribution in [0.1, 0.15) is 29.8 Å². The molecule has 1 atom stereocenters. The Hall–Kier alpha value is -2.10. The first kappa shape index (κ1) is 22.1. The van der Waals surface area contributed by atoms with Crippen molar-refractivity contribution in [2.24, 2.45) is 0 Å². The van der Waals surface area contributed by atoms with E-state index in [9.17, 15) is 4.79 Å². The highest BCUT2D eigenvalue weighted by atomic mass is 32.2. The van der Waals surface area contributed by atoms with Gasteiger partial charge in [0, 0.05) is 25.4 Å². The van der Waals surface area contributed by atoms with E-state index in [-0.39, 0.29) is 12.0 Å². The van der Waals surface area contributed by atoms with Gasteiger partial charge in [0.2, 0.25) is 5.91 Å². The van der Waals surface area contributed by atoms with Crippen LogP contribution in [-0.2, 0) is 27.4 Å². The summed E-state index contributed by atoms with van der Waals surface area (Å²) in [5.74, 6) is 1.33. The van der Waals surface area contributed by atoms with Crippen molar-refractivity contribution in [3.63, 3.8) is 0 Å². The number of amides is 1. The maximum Gasteiger partial charge on any atom is 0.233 e. The van der Waals surface area contributed by atoms with Crippen molar-refractivity contribution in [1.82, 2.24) is 19.7 Å². The van der Waals surface area contributed by atoms with Crippen LogP contribution in [0.25, 0.3) is 0 Å². The Bertz CT molecular complexity index is 891. The number of benzene rings is 1. The SMILES string of the molecule is Cc1ccc(NCc2nnc(SCC(=O)N3CCOCC3)n2CC2CCCO2)c(C)c1. The second kappa shape index (κ2) is 10.5. The predicted octanol–water partition coefficient (Wildman–Crippen LogP) is 2.64. The van der Waals surface area contributed by atoms with Gasteiger partial charge in [0.1, 0.15) is 0 Å². The summed E-state index contributed by atoms with van der Waals surface area (Å²) in [7, 11) is 0. The fourth-order valence-electron chi connectivity index (χ4n) is 3.95. The summed E-state index contributed by atoms with van der Waals surface area (Å²) in [6.07, 6.45) is 2.30. The van der Waals surface area contributed by atoms with Crippen LogP contribution in [0.4, 0.5) is 5.69 Å². The third kappa shape index (κ3) is 5.78. The molecule has 0 spiro atoms. The summed E-state index contributed by atoms with van der Waals surface area (Å²) in [6, 6.07) is 6.37. The molecular formula is C22H31N5O3S. The van der Waals surface area contributed by atoms with Gasteiger partial charge in [0.25, 0.3) is 0 Å². The first-order chi connectivity index (χ1) is 15.1. The fourth-order valence-corrected chi connectivity index (χ4v) is 4.82. The van der Waals surface area contributed by atoms with E-state index < -0.39 is 0 Å². The lowest BCUT2D eigenvalue weighted by Gasteiger charge is -2.26. The van der Waals surface area contributed by atoms with E-state index in [1.54, 1.807) is 0 Å². The standard InChI is InChI=1S/C22H31N5O3S/c1-16-5-6-19(17(2)12-16)23-13-20-24-25-22(27(20)14-18-4-3-9-30-18)31-15-21(28)26-7-10-29-11-8-26/h5-6,12,18,23H,3-4,7-11,13-15H2,1-2H3. The van der Waals surface area contributed by atoms with Crippen LogP contribution in [-0.4, -0.2) is 70.3 Å². The Balaban J connectivity index is 1.44. The summed E-state index contributed by atoms with van der Waals surface area (Å²) in [5.41, 5.74) is 3.54. The number of nitrogens with zero attached hydrogens (tertiary/aromatic N) is 4. The number of carbonyl (C=O) groups is 1. The van der Waals surface area contributed by atoms with Crippen molar-refractivity contribution in [3.8, 4) is 0 Å². The average molecular weight is 446 g/mol. The van der Waals surface area contributed by atoms with E-state index in [0.29, 0.717) is 45.1 Å². The van der Waals surface area contributed by atoms with Gasteiger partial charge in [-0.2, -0.15) is 0 Å². The van der Waals surface area contributed by atoms with Gasteiger partial charge in [-0.3, -0.25) is 4.79 Å². The molecule has 2 saturated heterocycles. The normalized spacial score (nSPS) is 19.0. The molecule has 1 amide bonds. The molecule has 0 aliphatic carbocycles. The predicted molar refractivity (Wildman–Crippen MR) is 120 cm³/mol. The van der Waals surface area contributed by atoms with E-state index in [0.717, 1.165) is 36.1 Å². The number of nitrogens with one attached hydrogen (secondary N) is 1. The van der Waals surface area contributed by atoms with Gasteiger partial charge in [-0.15, -0.1) is 10.2 Å². The maximum atomic E-state index is 12.6. The van der Waals surface area contributed by atoms with Crippen molar-refractivity contribution < 1.29 is 14.3 Å². The summed E-state index contributed by atoms with van der Waals surface area (Å²) in [5, 5.41) is 13.1. The molecule has 0 radical (unpaired) electrons. The lowest BCUT2D eigenvalue weighted by atomic mass is 10.1. The van der Waals surface area contributed by atoms with Gasteiger partial charge in [-0.1, -0.05) is 29.5 Å². The van der Waals surface area contributed by atoms with Crippen LogP contribution in [0.15, 0.2) is 23.4 Å². The third-order valence-corrected chi connectivity index (χ3v) is 6.66. The Morgan fingerprint density at radius 1 is 1.23 bits per heavy atom. The number of morpholine rings is 1. The topological polar surface area (TPSA) is 81.5 Å². The highest BCUT2D eigenvalue weighted by Gasteiger charge is 2.23. The summed E-state index contributed by atoms with van der Waals surface area (Å²) in [6.45, 7) is 8.83. The summed E-state index contributed by atoms with van der Waals surface area (Å²) in [4.78, 5) is 14.4.